The molecule has 19 heavy (non-hydrogen) atoms. The van der Waals surface area contributed by atoms with Crippen LogP contribution >= 0.6 is 23.2 Å². The molecule has 1 aliphatic rings. The van der Waals surface area contributed by atoms with Crippen molar-refractivity contribution in [1.29, 1.82) is 0 Å². The molecule has 0 aliphatic carbocycles. The summed E-state index contributed by atoms with van der Waals surface area (Å²) in [6.45, 7) is 0.249. The zero-order valence-corrected chi connectivity index (χ0v) is 12.2. The van der Waals surface area contributed by atoms with Crippen LogP contribution < -0.4 is 5.73 Å². The summed E-state index contributed by atoms with van der Waals surface area (Å²) >= 11 is 11.7. The highest BCUT2D eigenvalue weighted by molar-refractivity contribution is 7.89. The smallest absolute Gasteiger partial charge is 0.245 e. The second kappa shape index (κ2) is 5.28. The molecule has 0 saturated carbocycles. The van der Waals surface area contributed by atoms with Crippen LogP contribution in [0.5, 0.6) is 0 Å². The number of hydrogen-bond donors (Lipinski definition) is 1. The lowest BCUT2D eigenvalue weighted by molar-refractivity contribution is -0.121. The zero-order chi connectivity index (χ0) is 14.2. The van der Waals surface area contributed by atoms with E-state index in [0.29, 0.717) is 12.8 Å². The summed E-state index contributed by atoms with van der Waals surface area (Å²) in [5.74, 6) is -0.653. The van der Waals surface area contributed by atoms with Gasteiger partial charge in [-0.25, -0.2) is 8.42 Å². The number of nitrogens with zero attached hydrogens (tertiary/aromatic N) is 1. The Bertz CT molecular complexity index is 618. The van der Waals surface area contributed by atoms with Crippen LogP contribution in [-0.2, 0) is 14.8 Å². The highest BCUT2D eigenvalue weighted by Gasteiger charge is 2.39. The number of carbonyl (C=O) groups is 1. The van der Waals surface area contributed by atoms with E-state index >= 15 is 0 Å². The first-order chi connectivity index (χ1) is 8.85. The molecule has 1 unspecified atom stereocenters. The van der Waals surface area contributed by atoms with Crippen LogP contribution in [0, 0.1) is 0 Å². The van der Waals surface area contributed by atoms with Crippen molar-refractivity contribution < 1.29 is 13.2 Å². The molecule has 1 atom stereocenters. The number of hydrogen-bond acceptors (Lipinski definition) is 3. The monoisotopic (exact) mass is 322 g/mol. The van der Waals surface area contributed by atoms with Crippen molar-refractivity contribution in [2.75, 3.05) is 6.54 Å². The molecule has 0 aromatic heterocycles. The number of sulfonamides is 1. The maximum Gasteiger partial charge on any atom is 0.245 e. The van der Waals surface area contributed by atoms with Crippen molar-refractivity contribution in [3.8, 4) is 0 Å². The second-order valence-electron chi connectivity index (χ2n) is 4.23. The maximum absolute atomic E-state index is 12.5. The lowest BCUT2D eigenvalue weighted by Gasteiger charge is -2.22. The minimum atomic E-state index is -3.87. The maximum atomic E-state index is 12.5. The largest absolute Gasteiger partial charge is 0.368 e. The van der Waals surface area contributed by atoms with E-state index in [1.165, 1.54) is 18.2 Å². The first kappa shape index (κ1) is 14.6. The van der Waals surface area contributed by atoms with E-state index in [1.54, 1.807) is 0 Å². The quantitative estimate of drug-likeness (QED) is 0.918. The zero-order valence-electron chi connectivity index (χ0n) is 9.84. The molecular formula is C11H12Cl2N2O3S. The predicted molar refractivity (Wildman–Crippen MR) is 72.6 cm³/mol. The molecule has 0 spiro atoms. The Morgan fingerprint density at radius 3 is 2.68 bits per heavy atom. The van der Waals surface area contributed by atoms with E-state index in [4.69, 9.17) is 28.9 Å². The van der Waals surface area contributed by atoms with Crippen molar-refractivity contribution in [1.82, 2.24) is 4.31 Å². The van der Waals surface area contributed by atoms with Gasteiger partial charge in [-0.1, -0.05) is 29.3 Å². The van der Waals surface area contributed by atoms with Crippen LogP contribution in [0.15, 0.2) is 23.1 Å². The van der Waals surface area contributed by atoms with Crippen LogP contribution in [0.2, 0.25) is 10.0 Å². The van der Waals surface area contributed by atoms with Gasteiger partial charge in [-0.15, -0.1) is 0 Å². The molecule has 1 fully saturated rings. The van der Waals surface area contributed by atoms with Crippen molar-refractivity contribution >= 4 is 39.1 Å². The number of rotatable bonds is 3. The summed E-state index contributed by atoms with van der Waals surface area (Å²) in [4.78, 5) is 11.2. The van der Waals surface area contributed by atoms with Gasteiger partial charge in [-0.05, 0) is 25.0 Å². The minimum Gasteiger partial charge on any atom is -0.368 e. The van der Waals surface area contributed by atoms with E-state index in [1.807, 2.05) is 0 Å². The van der Waals surface area contributed by atoms with Gasteiger partial charge in [-0.3, -0.25) is 4.79 Å². The van der Waals surface area contributed by atoms with Gasteiger partial charge in [0, 0.05) is 6.54 Å². The van der Waals surface area contributed by atoms with Gasteiger partial charge in [-0.2, -0.15) is 4.31 Å². The van der Waals surface area contributed by atoms with Crippen LogP contribution in [-0.4, -0.2) is 31.2 Å². The van der Waals surface area contributed by atoms with Gasteiger partial charge in [0.05, 0.1) is 10.0 Å². The van der Waals surface area contributed by atoms with E-state index in [2.05, 4.69) is 0 Å². The molecular weight excluding hydrogens is 311 g/mol. The fourth-order valence-corrected chi connectivity index (χ4v) is 4.52. The SMILES string of the molecule is NC(=O)C1CCCN1S(=O)(=O)c1cccc(Cl)c1Cl. The molecule has 2 N–H and O–H groups in total. The van der Waals surface area contributed by atoms with Crippen molar-refractivity contribution in [2.24, 2.45) is 5.73 Å². The molecule has 1 aliphatic heterocycles. The number of halogens is 2. The minimum absolute atomic E-state index is 0.0423. The lowest BCUT2D eigenvalue weighted by Crippen LogP contribution is -2.43. The average molecular weight is 323 g/mol. The summed E-state index contributed by atoms with van der Waals surface area (Å²) in [5.41, 5.74) is 5.23. The summed E-state index contributed by atoms with van der Waals surface area (Å²) < 4.78 is 26.1. The summed E-state index contributed by atoms with van der Waals surface area (Å²) in [5, 5.41) is 0.108. The summed E-state index contributed by atoms with van der Waals surface area (Å²) in [7, 11) is -3.87. The molecule has 1 aromatic rings. The Morgan fingerprint density at radius 1 is 1.37 bits per heavy atom. The standard InChI is InChI=1S/C11H12Cl2N2O3S/c12-7-3-1-5-9(10(7)13)19(17,18)15-6-2-4-8(15)11(14)16/h1,3,5,8H,2,4,6H2,(H2,14,16). The van der Waals surface area contributed by atoms with Crippen molar-refractivity contribution in [3.05, 3.63) is 28.2 Å². The third-order valence-electron chi connectivity index (χ3n) is 3.03. The third-order valence-corrected chi connectivity index (χ3v) is 5.92. The fraction of sp³-hybridized carbons (Fsp3) is 0.364. The van der Waals surface area contributed by atoms with Gasteiger partial charge in [0.25, 0.3) is 0 Å². The number of primary amides is 1. The molecule has 1 heterocycles. The summed E-state index contributed by atoms with van der Waals surface area (Å²) in [6.07, 6.45) is 1.01. The molecule has 8 heteroatoms. The van der Waals surface area contributed by atoms with E-state index in [-0.39, 0.29) is 21.5 Å². The van der Waals surface area contributed by atoms with E-state index in [9.17, 15) is 13.2 Å². The lowest BCUT2D eigenvalue weighted by atomic mass is 10.2. The van der Waals surface area contributed by atoms with Crippen LogP contribution in [0.25, 0.3) is 0 Å². The topological polar surface area (TPSA) is 80.5 Å². The molecule has 1 aromatic carbocycles. The van der Waals surface area contributed by atoms with Crippen LogP contribution in [0.4, 0.5) is 0 Å². The second-order valence-corrected chi connectivity index (χ2v) is 6.87. The Balaban J connectivity index is 2.48. The molecule has 2 rings (SSSR count). The Labute approximate surface area is 121 Å². The van der Waals surface area contributed by atoms with Crippen molar-refractivity contribution in [2.45, 2.75) is 23.8 Å². The fourth-order valence-electron chi connectivity index (χ4n) is 2.12. The Morgan fingerprint density at radius 2 is 2.05 bits per heavy atom. The molecule has 104 valence electrons. The molecule has 1 saturated heterocycles. The third kappa shape index (κ3) is 2.58. The van der Waals surface area contributed by atoms with Gasteiger partial charge >= 0.3 is 0 Å². The number of benzene rings is 1. The first-order valence-electron chi connectivity index (χ1n) is 5.61. The van der Waals surface area contributed by atoms with Crippen LogP contribution in [0.1, 0.15) is 12.8 Å². The normalized spacial score (nSPS) is 20.6. The average Bonchev–Trinajstić information content (AvgIpc) is 2.82. The Hall–Kier alpha value is -0.820. The van der Waals surface area contributed by atoms with Gasteiger partial charge in [0.1, 0.15) is 10.9 Å². The number of carbonyl (C=O) groups excluding carboxylic acids is 1. The Kier molecular flexibility index (Phi) is 4.06. The molecule has 0 bridgehead atoms. The highest BCUT2D eigenvalue weighted by atomic mass is 35.5. The first-order valence-corrected chi connectivity index (χ1v) is 7.80. The number of amides is 1. The van der Waals surface area contributed by atoms with Gasteiger partial charge < -0.3 is 5.73 Å². The van der Waals surface area contributed by atoms with Gasteiger partial charge in [0.2, 0.25) is 15.9 Å². The summed E-state index contributed by atoms with van der Waals surface area (Å²) in [6, 6.07) is 3.54. The van der Waals surface area contributed by atoms with E-state index in [0.717, 1.165) is 4.31 Å². The van der Waals surface area contributed by atoms with Crippen LogP contribution in [0.3, 0.4) is 0 Å². The van der Waals surface area contributed by atoms with Gasteiger partial charge in [0.15, 0.2) is 0 Å². The molecule has 1 amide bonds. The highest BCUT2D eigenvalue weighted by Crippen LogP contribution is 2.33. The van der Waals surface area contributed by atoms with Crippen molar-refractivity contribution in [3.63, 3.8) is 0 Å². The van der Waals surface area contributed by atoms with E-state index < -0.39 is 22.0 Å². The predicted octanol–water partition coefficient (Wildman–Crippen LogP) is 1.63. The number of nitrogens with two attached hydrogens (primary N) is 1. The molecule has 5 nitrogen and oxygen atoms in total. The molecule has 0 radical (unpaired) electrons.